The third-order valence-electron chi connectivity index (χ3n) is 3.22. The minimum absolute atomic E-state index is 0.668. The Morgan fingerprint density at radius 3 is 3.00 bits per heavy atom. The van der Waals surface area contributed by atoms with Crippen molar-refractivity contribution in [2.45, 2.75) is 20.3 Å². The highest BCUT2D eigenvalue weighted by Crippen LogP contribution is 2.26. The molecule has 0 aliphatic carbocycles. The summed E-state index contributed by atoms with van der Waals surface area (Å²) < 4.78 is 1.30. The van der Waals surface area contributed by atoms with E-state index >= 15 is 0 Å². The van der Waals surface area contributed by atoms with E-state index in [4.69, 9.17) is 0 Å². The van der Waals surface area contributed by atoms with Gasteiger partial charge in [-0.05, 0) is 48.4 Å². The topological polar surface area (TPSA) is 49.8 Å². The molecule has 0 amide bonds. The Morgan fingerprint density at radius 2 is 2.14 bits per heavy atom. The van der Waals surface area contributed by atoms with Crippen LogP contribution in [0.15, 0.2) is 35.8 Å². The number of rotatable bonds is 5. The summed E-state index contributed by atoms with van der Waals surface area (Å²) in [5.41, 5.74) is 2.08. The summed E-state index contributed by atoms with van der Waals surface area (Å²) in [5.74, 6) is 1.51. The average molecular weight is 298 g/mol. The fraction of sp³-hybridized carbons (Fsp3) is 0.250. The van der Waals surface area contributed by atoms with E-state index in [1.807, 2.05) is 13.1 Å². The quantitative estimate of drug-likeness (QED) is 0.724. The maximum atomic E-state index is 4.54. The van der Waals surface area contributed by atoms with E-state index in [1.165, 1.54) is 10.1 Å². The Kier molecular flexibility index (Phi) is 4.01. The Bertz CT molecular complexity index is 751. The third kappa shape index (κ3) is 3.13. The van der Waals surface area contributed by atoms with Gasteiger partial charge in [0, 0.05) is 28.7 Å². The highest BCUT2D eigenvalue weighted by molar-refractivity contribution is 7.17. The molecule has 0 bridgehead atoms. The lowest BCUT2D eigenvalue weighted by Crippen LogP contribution is -2.06. The summed E-state index contributed by atoms with van der Waals surface area (Å²) in [6, 6.07) is 8.49. The molecule has 3 rings (SSSR count). The van der Waals surface area contributed by atoms with E-state index in [-0.39, 0.29) is 0 Å². The molecule has 0 unspecified atom stereocenters. The van der Waals surface area contributed by atoms with Gasteiger partial charge in [0.15, 0.2) is 0 Å². The number of anilines is 3. The van der Waals surface area contributed by atoms with Crippen LogP contribution in [0.1, 0.15) is 18.9 Å². The number of nitrogens with zero attached hydrogens (tertiary/aromatic N) is 2. The highest BCUT2D eigenvalue weighted by atomic mass is 32.1. The average Bonchev–Trinajstić information content (AvgIpc) is 2.95. The van der Waals surface area contributed by atoms with Crippen LogP contribution in [0.2, 0.25) is 0 Å². The predicted octanol–water partition coefficient (Wildman–Crippen LogP) is 4.57. The maximum Gasteiger partial charge on any atom is 0.224 e. The first-order valence-corrected chi connectivity index (χ1v) is 7.96. The second-order valence-corrected chi connectivity index (χ2v) is 5.90. The van der Waals surface area contributed by atoms with Gasteiger partial charge in [-0.15, -0.1) is 11.3 Å². The van der Waals surface area contributed by atoms with E-state index in [0.29, 0.717) is 5.95 Å². The minimum Gasteiger partial charge on any atom is -0.354 e. The molecule has 0 saturated carbocycles. The summed E-state index contributed by atoms with van der Waals surface area (Å²) in [4.78, 5) is 8.84. The summed E-state index contributed by atoms with van der Waals surface area (Å²) in [5, 5.41) is 9.96. The fourth-order valence-electron chi connectivity index (χ4n) is 2.07. The molecule has 21 heavy (non-hydrogen) atoms. The van der Waals surface area contributed by atoms with E-state index in [1.54, 1.807) is 11.3 Å². The van der Waals surface area contributed by atoms with Gasteiger partial charge in [0.2, 0.25) is 5.95 Å². The molecule has 0 aliphatic rings. The molecule has 5 heteroatoms. The van der Waals surface area contributed by atoms with Crippen molar-refractivity contribution in [2.75, 3.05) is 17.2 Å². The van der Waals surface area contributed by atoms with E-state index in [0.717, 1.165) is 30.0 Å². The van der Waals surface area contributed by atoms with E-state index in [9.17, 15) is 0 Å². The molecular formula is C16H18N4S. The first-order valence-electron chi connectivity index (χ1n) is 7.08. The number of benzene rings is 1. The maximum absolute atomic E-state index is 4.54. The van der Waals surface area contributed by atoms with Gasteiger partial charge in [-0.3, -0.25) is 0 Å². The van der Waals surface area contributed by atoms with E-state index < -0.39 is 0 Å². The fourth-order valence-corrected chi connectivity index (χ4v) is 2.84. The van der Waals surface area contributed by atoms with Gasteiger partial charge in [0.1, 0.15) is 5.82 Å². The molecule has 0 saturated heterocycles. The van der Waals surface area contributed by atoms with Crippen LogP contribution in [0.25, 0.3) is 10.1 Å². The van der Waals surface area contributed by atoms with Crippen molar-refractivity contribution in [1.29, 1.82) is 0 Å². The van der Waals surface area contributed by atoms with Crippen LogP contribution in [-0.4, -0.2) is 16.5 Å². The standard InChI is InChI=1S/C16H18N4S/c1-3-7-17-16-18-10-11(2)15(20-16)19-13-4-5-14-12(9-13)6-8-21-14/h4-6,8-10H,3,7H2,1-2H3,(H2,17,18,19,20). The third-order valence-corrected chi connectivity index (χ3v) is 4.12. The van der Waals surface area contributed by atoms with Gasteiger partial charge < -0.3 is 10.6 Å². The molecular weight excluding hydrogens is 280 g/mol. The summed E-state index contributed by atoms with van der Waals surface area (Å²) in [6.45, 7) is 5.01. The second kappa shape index (κ2) is 6.10. The van der Waals surface area contributed by atoms with Crippen molar-refractivity contribution >= 4 is 38.9 Å². The van der Waals surface area contributed by atoms with Crippen molar-refractivity contribution in [3.8, 4) is 0 Å². The van der Waals surface area contributed by atoms with Gasteiger partial charge in [-0.1, -0.05) is 6.92 Å². The Balaban J connectivity index is 1.85. The van der Waals surface area contributed by atoms with Crippen LogP contribution >= 0.6 is 11.3 Å². The number of hydrogen-bond acceptors (Lipinski definition) is 5. The Hall–Kier alpha value is -2.14. The molecule has 0 radical (unpaired) electrons. The van der Waals surface area contributed by atoms with Crippen molar-refractivity contribution in [2.24, 2.45) is 0 Å². The monoisotopic (exact) mass is 298 g/mol. The van der Waals surface area contributed by atoms with Crippen LogP contribution in [-0.2, 0) is 0 Å². The highest BCUT2D eigenvalue weighted by Gasteiger charge is 2.05. The molecule has 4 nitrogen and oxygen atoms in total. The zero-order valence-corrected chi connectivity index (χ0v) is 13.0. The van der Waals surface area contributed by atoms with Gasteiger partial charge in [0.05, 0.1) is 0 Å². The number of hydrogen-bond donors (Lipinski definition) is 2. The number of nitrogens with one attached hydrogen (secondary N) is 2. The molecule has 3 aromatic rings. The van der Waals surface area contributed by atoms with Crippen molar-refractivity contribution in [1.82, 2.24) is 9.97 Å². The molecule has 0 aliphatic heterocycles. The first-order chi connectivity index (χ1) is 10.3. The van der Waals surface area contributed by atoms with Crippen LogP contribution in [0.3, 0.4) is 0 Å². The summed E-state index contributed by atoms with van der Waals surface area (Å²) >= 11 is 1.75. The van der Waals surface area contributed by atoms with Gasteiger partial charge in [0.25, 0.3) is 0 Å². The zero-order chi connectivity index (χ0) is 14.7. The van der Waals surface area contributed by atoms with Crippen molar-refractivity contribution in [3.63, 3.8) is 0 Å². The second-order valence-electron chi connectivity index (χ2n) is 4.95. The molecule has 2 heterocycles. The molecule has 2 aromatic heterocycles. The lowest BCUT2D eigenvalue weighted by atomic mass is 10.2. The van der Waals surface area contributed by atoms with Crippen molar-refractivity contribution < 1.29 is 0 Å². The summed E-state index contributed by atoms with van der Waals surface area (Å²) in [7, 11) is 0. The number of aromatic nitrogens is 2. The van der Waals surface area contributed by atoms with Gasteiger partial charge in [-0.25, -0.2) is 4.98 Å². The molecule has 0 atom stereocenters. The Morgan fingerprint density at radius 1 is 1.24 bits per heavy atom. The van der Waals surface area contributed by atoms with Crippen LogP contribution in [0.4, 0.5) is 17.5 Å². The molecule has 1 aromatic carbocycles. The van der Waals surface area contributed by atoms with Crippen LogP contribution in [0, 0.1) is 6.92 Å². The molecule has 108 valence electrons. The number of fused-ring (bicyclic) bond motifs is 1. The number of thiophene rings is 1. The smallest absolute Gasteiger partial charge is 0.224 e. The normalized spacial score (nSPS) is 10.8. The lowest BCUT2D eigenvalue weighted by Gasteiger charge is -2.10. The SMILES string of the molecule is CCCNc1ncc(C)c(Nc2ccc3sccc3c2)n1. The zero-order valence-electron chi connectivity index (χ0n) is 12.2. The van der Waals surface area contributed by atoms with Crippen LogP contribution in [0.5, 0.6) is 0 Å². The Labute approximate surface area is 128 Å². The number of aryl methyl sites for hydroxylation is 1. The first kappa shape index (κ1) is 13.8. The van der Waals surface area contributed by atoms with Gasteiger partial charge >= 0.3 is 0 Å². The minimum atomic E-state index is 0.668. The molecule has 0 fully saturated rings. The van der Waals surface area contributed by atoms with Crippen LogP contribution < -0.4 is 10.6 Å². The van der Waals surface area contributed by atoms with Gasteiger partial charge in [-0.2, -0.15) is 4.98 Å². The largest absolute Gasteiger partial charge is 0.354 e. The predicted molar refractivity (Wildman–Crippen MR) is 90.7 cm³/mol. The van der Waals surface area contributed by atoms with E-state index in [2.05, 4.69) is 57.2 Å². The lowest BCUT2D eigenvalue weighted by molar-refractivity contribution is 0.950. The molecule has 0 spiro atoms. The van der Waals surface area contributed by atoms with Crippen molar-refractivity contribution in [3.05, 3.63) is 41.4 Å². The molecule has 2 N–H and O–H groups in total. The summed E-state index contributed by atoms with van der Waals surface area (Å²) in [6.07, 6.45) is 2.89.